The van der Waals surface area contributed by atoms with Crippen LogP contribution in [0.4, 0.5) is 0 Å². The van der Waals surface area contributed by atoms with E-state index in [1.165, 1.54) is 0 Å². The number of aromatic amines is 1. The minimum atomic E-state index is -0.0911. The first kappa shape index (κ1) is 18.9. The van der Waals surface area contributed by atoms with Gasteiger partial charge in [0.15, 0.2) is 0 Å². The van der Waals surface area contributed by atoms with Crippen LogP contribution < -0.4 is 0 Å². The van der Waals surface area contributed by atoms with Gasteiger partial charge in [-0.2, -0.15) is 5.10 Å². The molecule has 2 N–H and O–H groups in total. The number of hydrogen-bond donors (Lipinski definition) is 2. The Bertz CT molecular complexity index is 803. The predicted molar refractivity (Wildman–Crippen MR) is 103 cm³/mol. The minimum absolute atomic E-state index is 0.00916. The largest absolute Gasteiger partial charge is 0.507 e. The van der Waals surface area contributed by atoms with Crippen molar-refractivity contribution in [2.24, 2.45) is 0 Å². The van der Waals surface area contributed by atoms with Gasteiger partial charge in [-0.05, 0) is 24.6 Å². The van der Waals surface area contributed by atoms with Gasteiger partial charge >= 0.3 is 0 Å². The number of H-pyrrole nitrogens is 1. The Kier molecular flexibility index (Phi) is 5.90. The van der Waals surface area contributed by atoms with Crippen molar-refractivity contribution < 1.29 is 19.4 Å². The molecular weight excluding hydrogens is 360 g/mol. The van der Waals surface area contributed by atoms with Crippen LogP contribution in [0.25, 0.3) is 11.3 Å². The number of nitrogens with one attached hydrogen (secondary N) is 1. The second kappa shape index (κ2) is 8.72. The third kappa shape index (κ3) is 4.35. The Morgan fingerprint density at radius 2 is 2.04 bits per heavy atom. The fourth-order valence-corrected chi connectivity index (χ4v) is 3.69. The molecule has 0 radical (unpaired) electrons. The van der Waals surface area contributed by atoms with E-state index >= 15 is 0 Å². The number of nitrogens with zero attached hydrogens (tertiary/aromatic N) is 3. The molecule has 8 heteroatoms. The molecule has 0 bridgehead atoms. The zero-order valence-electron chi connectivity index (χ0n) is 15.8. The van der Waals surface area contributed by atoms with Gasteiger partial charge in [-0.3, -0.25) is 14.8 Å². The number of rotatable bonds is 4. The van der Waals surface area contributed by atoms with E-state index in [2.05, 4.69) is 15.1 Å². The SMILES string of the molecule is O=C(c1cc(-c2ccccc2O)n[nH]1)N1CCCO[C@H](CN2CCOCC2)C1. The van der Waals surface area contributed by atoms with Crippen LogP contribution in [0.5, 0.6) is 5.75 Å². The molecule has 4 rings (SSSR count). The van der Waals surface area contributed by atoms with Crippen molar-refractivity contribution in [3.8, 4) is 17.0 Å². The van der Waals surface area contributed by atoms with Crippen molar-refractivity contribution in [1.82, 2.24) is 20.0 Å². The molecule has 1 aromatic carbocycles. The molecule has 3 heterocycles. The maximum Gasteiger partial charge on any atom is 0.271 e. The molecular formula is C20H26N4O4. The number of carbonyl (C=O) groups is 1. The topological polar surface area (TPSA) is 90.9 Å². The summed E-state index contributed by atoms with van der Waals surface area (Å²) in [6.45, 7) is 5.97. The number of benzene rings is 1. The smallest absolute Gasteiger partial charge is 0.271 e. The molecule has 2 aliphatic rings. The molecule has 2 fully saturated rings. The lowest BCUT2D eigenvalue weighted by Gasteiger charge is -2.31. The van der Waals surface area contributed by atoms with Crippen molar-refractivity contribution in [3.63, 3.8) is 0 Å². The van der Waals surface area contributed by atoms with Crippen LogP contribution >= 0.6 is 0 Å². The van der Waals surface area contributed by atoms with Crippen molar-refractivity contribution in [3.05, 3.63) is 36.0 Å². The van der Waals surface area contributed by atoms with Gasteiger partial charge in [0.05, 0.1) is 25.0 Å². The first-order valence-corrected chi connectivity index (χ1v) is 9.75. The van der Waals surface area contributed by atoms with E-state index in [4.69, 9.17) is 9.47 Å². The highest BCUT2D eigenvalue weighted by molar-refractivity contribution is 5.93. The molecule has 1 amide bonds. The van der Waals surface area contributed by atoms with Crippen molar-refractivity contribution in [2.75, 3.05) is 52.5 Å². The first-order valence-electron chi connectivity index (χ1n) is 9.75. The summed E-state index contributed by atoms with van der Waals surface area (Å²) in [4.78, 5) is 17.2. The average Bonchev–Trinajstić information content (AvgIpc) is 3.09. The summed E-state index contributed by atoms with van der Waals surface area (Å²) in [5.41, 5.74) is 1.57. The molecule has 150 valence electrons. The van der Waals surface area contributed by atoms with Crippen LogP contribution in [-0.4, -0.2) is 89.7 Å². The zero-order chi connectivity index (χ0) is 19.3. The van der Waals surface area contributed by atoms with E-state index in [1.807, 2.05) is 11.0 Å². The number of para-hydroxylation sites is 1. The molecule has 28 heavy (non-hydrogen) atoms. The van der Waals surface area contributed by atoms with Crippen LogP contribution in [0.3, 0.4) is 0 Å². The Hall–Kier alpha value is -2.42. The summed E-state index contributed by atoms with van der Waals surface area (Å²) in [7, 11) is 0. The molecule has 1 atom stereocenters. The Morgan fingerprint density at radius 3 is 2.86 bits per heavy atom. The average molecular weight is 386 g/mol. The van der Waals surface area contributed by atoms with Gasteiger partial charge in [0.1, 0.15) is 11.4 Å². The lowest BCUT2D eigenvalue weighted by molar-refractivity contribution is -0.0112. The third-order valence-corrected chi connectivity index (χ3v) is 5.19. The number of ether oxygens (including phenoxy) is 2. The molecule has 8 nitrogen and oxygen atoms in total. The van der Waals surface area contributed by atoms with Crippen molar-refractivity contribution in [2.45, 2.75) is 12.5 Å². The van der Waals surface area contributed by atoms with Gasteiger partial charge in [-0.15, -0.1) is 0 Å². The van der Waals surface area contributed by atoms with E-state index in [1.54, 1.807) is 24.3 Å². The van der Waals surface area contributed by atoms with Crippen LogP contribution in [0.15, 0.2) is 30.3 Å². The van der Waals surface area contributed by atoms with Gasteiger partial charge in [0.2, 0.25) is 0 Å². The molecule has 0 saturated carbocycles. The van der Waals surface area contributed by atoms with Crippen molar-refractivity contribution >= 4 is 5.91 Å². The number of phenolic OH excluding ortho intramolecular Hbond substituents is 1. The molecule has 0 spiro atoms. The summed E-state index contributed by atoms with van der Waals surface area (Å²) < 4.78 is 11.4. The third-order valence-electron chi connectivity index (χ3n) is 5.19. The van der Waals surface area contributed by atoms with Gasteiger partial charge in [0, 0.05) is 44.9 Å². The summed E-state index contributed by atoms with van der Waals surface area (Å²) in [5, 5.41) is 17.0. The maximum atomic E-state index is 13.0. The van der Waals surface area contributed by atoms with Crippen LogP contribution in [0.1, 0.15) is 16.9 Å². The van der Waals surface area contributed by atoms with Crippen molar-refractivity contribution in [1.29, 1.82) is 0 Å². The van der Waals surface area contributed by atoms with Crippen LogP contribution in [0, 0.1) is 0 Å². The number of morpholine rings is 1. The fourth-order valence-electron chi connectivity index (χ4n) is 3.69. The van der Waals surface area contributed by atoms with E-state index in [0.717, 1.165) is 39.3 Å². The Morgan fingerprint density at radius 1 is 1.21 bits per heavy atom. The van der Waals surface area contributed by atoms with E-state index in [0.29, 0.717) is 36.6 Å². The fraction of sp³-hybridized carbons (Fsp3) is 0.500. The van der Waals surface area contributed by atoms with E-state index < -0.39 is 0 Å². The standard InChI is InChI=1S/C20H26N4O4/c25-19-5-2-1-4-16(19)17-12-18(22-21-17)20(26)24-6-3-9-28-15(14-24)13-23-7-10-27-11-8-23/h1-2,4-5,12,15,25H,3,6-11,13-14H2,(H,21,22)/t15-/m1/s1. The molecule has 2 aromatic rings. The lowest BCUT2D eigenvalue weighted by atomic mass is 10.1. The number of aromatic nitrogens is 2. The predicted octanol–water partition coefficient (Wildman–Crippen LogP) is 1.35. The molecule has 2 aliphatic heterocycles. The summed E-state index contributed by atoms with van der Waals surface area (Å²) in [6, 6.07) is 8.66. The number of hydrogen-bond acceptors (Lipinski definition) is 6. The number of amides is 1. The second-order valence-corrected chi connectivity index (χ2v) is 7.19. The van der Waals surface area contributed by atoms with Crippen LogP contribution in [0.2, 0.25) is 0 Å². The second-order valence-electron chi connectivity index (χ2n) is 7.19. The Balaban J connectivity index is 1.44. The maximum absolute atomic E-state index is 13.0. The highest BCUT2D eigenvalue weighted by Gasteiger charge is 2.27. The normalized spacial score (nSPS) is 21.4. The van der Waals surface area contributed by atoms with Gasteiger partial charge in [0.25, 0.3) is 5.91 Å². The number of carbonyl (C=O) groups excluding carboxylic acids is 1. The first-order chi connectivity index (χ1) is 13.7. The number of phenols is 1. The summed E-state index contributed by atoms with van der Waals surface area (Å²) >= 11 is 0. The quantitative estimate of drug-likeness (QED) is 0.824. The zero-order valence-corrected chi connectivity index (χ0v) is 15.8. The molecule has 1 aromatic heterocycles. The lowest BCUT2D eigenvalue weighted by Crippen LogP contribution is -2.45. The Labute approximate surface area is 164 Å². The molecule has 0 aliphatic carbocycles. The van der Waals surface area contributed by atoms with E-state index in [9.17, 15) is 9.90 Å². The summed E-state index contributed by atoms with van der Waals surface area (Å²) in [6.07, 6.45) is 0.802. The minimum Gasteiger partial charge on any atom is -0.507 e. The van der Waals surface area contributed by atoms with Crippen LogP contribution in [-0.2, 0) is 9.47 Å². The summed E-state index contributed by atoms with van der Waals surface area (Å²) in [5.74, 6) is 0.0494. The number of aromatic hydroxyl groups is 1. The molecule has 0 unspecified atom stereocenters. The van der Waals surface area contributed by atoms with Gasteiger partial charge in [-0.25, -0.2) is 0 Å². The van der Waals surface area contributed by atoms with E-state index in [-0.39, 0.29) is 17.8 Å². The molecule has 2 saturated heterocycles. The van der Waals surface area contributed by atoms with Gasteiger partial charge in [-0.1, -0.05) is 12.1 Å². The highest BCUT2D eigenvalue weighted by Crippen LogP contribution is 2.27. The highest BCUT2D eigenvalue weighted by atomic mass is 16.5. The van der Waals surface area contributed by atoms with Gasteiger partial charge < -0.3 is 19.5 Å². The monoisotopic (exact) mass is 386 g/mol.